The Balaban J connectivity index is 1.50. The molecule has 1 fully saturated rings. The van der Waals surface area contributed by atoms with Crippen LogP contribution in [0.3, 0.4) is 0 Å². The summed E-state index contributed by atoms with van der Waals surface area (Å²) in [6, 6.07) is 13.4. The molecular weight excluding hydrogens is 440 g/mol. The van der Waals surface area contributed by atoms with E-state index in [1.165, 1.54) is 4.90 Å². The number of rotatable bonds is 9. The first-order valence-corrected chi connectivity index (χ1v) is 11.9. The molecule has 1 atom stereocenters. The molecule has 2 amide bonds. The molecule has 0 spiro atoms. The van der Waals surface area contributed by atoms with E-state index in [1.807, 2.05) is 6.07 Å². The van der Waals surface area contributed by atoms with Crippen LogP contribution in [-0.4, -0.2) is 44.3 Å². The van der Waals surface area contributed by atoms with Crippen molar-refractivity contribution in [2.24, 2.45) is 5.73 Å². The van der Waals surface area contributed by atoms with E-state index in [1.54, 1.807) is 42.5 Å². The van der Waals surface area contributed by atoms with Gasteiger partial charge in [0.15, 0.2) is 0 Å². The minimum atomic E-state index is -3.67. The maximum absolute atomic E-state index is 12.5. The number of nitrogens with one attached hydrogen (secondary N) is 2. The average molecular weight is 465 g/mol. The van der Waals surface area contributed by atoms with Gasteiger partial charge in [0.2, 0.25) is 21.8 Å². The highest BCUT2D eigenvalue weighted by Crippen LogP contribution is 2.19. The van der Waals surface area contributed by atoms with Crippen LogP contribution in [-0.2, 0) is 38.5 Å². The van der Waals surface area contributed by atoms with Gasteiger partial charge in [0.25, 0.3) is 0 Å². The Morgan fingerprint density at radius 1 is 1.13 bits per heavy atom. The lowest BCUT2D eigenvalue weighted by Gasteiger charge is -2.39. The van der Waals surface area contributed by atoms with Crippen LogP contribution >= 0.6 is 11.6 Å². The van der Waals surface area contributed by atoms with Crippen molar-refractivity contribution in [1.82, 2.24) is 14.9 Å². The van der Waals surface area contributed by atoms with Crippen LogP contribution in [0.25, 0.3) is 0 Å². The minimum Gasteiger partial charge on any atom is -0.350 e. The van der Waals surface area contributed by atoms with Gasteiger partial charge in [-0.2, -0.15) is 0 Å². The summed E-state index contributed by atoms with van der Waals surface area (Å²) in [6.45, 7) is 0.584. The summed E-state index contributed by atoms with van der Waals surface area (Å²) in [7, 11) is -3.67. The topological polar surface area (TPSA) is 122 Å². The molecule has 1 saturated heterocycles. The van der Waals surface area contributed by atoms with Gasteiger partial charge in [-0.15, -0.1) is 0 Å². The molecule has 0 aliphatic carbocycles. The highest BCUT2D eigenvalue weighted by molar-refractivity contribution is 7.88. The molecule has 0 radical (unpaired) electrons. The first kappa shape index (κ1) is 23.2. The van der Waals surface area contributed by atoms with E-state index in [-0.39, 0.29) is 24.7 Å². The van der Waals surface area contributed by atoms with Crippen LogP contribution < -0.4 is 15.8 Å². The number of nitrogens with two attached hydrogens (primary N) is 1. The van der Waals surface area contributed by atoms with Crippen LogP contribution in [0, 0.1) is 0 Å². The SMILES string of the molecule is NCc1ccc(Cl)cc1CNC(=O)[C@@H]1CCN1C(=O)CNS(=O)(=O)Cc1ccccc1. The summed E-state index contributed by atoms with van der Waals surface area (Å²) in [6.07, 6.45) is 0.521. The van der Waals surface area contributed by atoms with Crippen molar-refractivity contribution >= 4 is 33.4 Å². The number of sulfonamides is 1. The minimum absolute atomic E-state index is 0.214. The van der Waals surface area contributed by atoms with Gasteiger partial charge in [-0.05, 0) is 35.2 Å². The molecule has 1 aliphatic heterocycles. The number of hydrogen-bond acceptors (Lipinski definition) is 5. The van der Waals surface area contributed by atoms with Gasteiger partial charge in [0.05, 0.1) is 12.3 Å². The van der Waals surface area contributed by atoms with Gasteiger partial charge < -0.3 is 16.0 Å². The lowest BCUT2D eigenvalue weighted by molar-refractivity contribution is -0.146. The van der Waals surface area contributed by atoms with Gasteiger partial charge >= 0.3 is 0 Å². The highest BCUT2D eigenvalue weighted by atomic mass is 35.5. The second kappa shape index (κ2) is 10.2. The standard InChI is InChI=1S/C21H25ClN4O4S/c22-18-7-6-16(11-23)17(10-18)12-24-21(28)19-8-9-26(19)20(27)13-25-31(29,30)14-15-4-2-1-3-5-15/h1-7,10,19,25H,8-9,11-14,23H2,(H,24,28)/t19-/m0/s1. The molecule has 0 unspecified atom stereocenters. The van der Waals surface area contributed by atoms with Crippen LogP contribution in [0.2, 0.25) is 5.02 Å². The number of nitrogens with zero attached hydrogens (tertiary/aromatic N) is 1. The summed E-state index contributed by atoms with van der Waals surface area (Å²) in [5.74, 6) is -0.947. The second-order valence-corrected chi connectivity index (χ2v) is 9.54. The highest BCUT2D eigenvalue weighted by Gasteiger charge is 2.37. The van der Waals surface area contributed by atoms with Gasteiger partial charge in [0.1, 0.15) is 6.04 Å². The van der Waals surface area contributed by atoms with E-state index in [0.717, 1.165) is 11.1 Å². The van der Waals surface area contributed by atoms with Gasteiger partial charge in [-0.3, -0.25) is 9.59 Å². The number of carbonyl (C=O) groups excluding carboxylic acids is 2. The quantitative estimate of drug-likeness (QED) is 0.513. The fourth-order valence-corrected chi connectivity index (χ4v) is 4.61. The van der Waals surface area contributed by atoms with Crippen molar-refractivity contribution in [3.63, 3.8) is 0 Å². The number of amides is 2. The zero-order valence-corrected chi connectivity index (χ0v) is 18.5. The zero-order chi connectivity index (χ0) is 22.4. The fraction of sp³-hybridized carbons (Fsp3) is 0.333. The predicted molar refractivity (Wildman–Crippen MR) is 118 cm³/mol. The van der Waals surface area contributed by atoms with Crippen molar-refractivity contribution in [3.8, 4) is 0 Å². The first-order chi connectivity index (χ1) is 14.8. The Bertz CT molecular complexity index is 1050. The van der Waals surface area contributed by atoms with Crippen molar-refractivity contribution < 1.29 is 18.0 Å². The summed E-state index contributed by atoms with van der Waals surface area (Å²) in [4.78, 5) is 26.4. The molecule has 4 N–H and O–H groups in total. The van der Waals surface area contributed by atoms with E-state index >= 15 is 0 Å². The molecule has 10 heteroatoms. The van der Waals surface area contributed by atoms with Gasteiger partial charge in [0, 0.05) is 24.7 Å². The first-order valence-electron chi connectivity index (χ1n) is 9.85. The maximum atomic E-state index is 12.5. The lowest BCUT2D eigenvalue weighted by Crippen LogP contribution is -2.60. The third kappa shape index (κ3) is 6.27. The molecule has 31 heavy (non-hydrogen) atoms. The van der Waals surface area contributed by atoms with Gasteiger partial charge in [-0.1, -0.05) is 48.0 Å². The van der Waals surface area contributed by atoms with Crippen LogP contribution in [0.15, 0.2) is 48.5 Å². The third-order valence-electron chi connectivity index (χ3n) is 5.13. The summed E-state index contributed by atoms with van der Waals surface area (Å²) >= 11 is 6.01. The molecule has 1 heterocycles. The summed E-state index contributed by atoms with van der Waals surface area (Å²) < 4.78 is 26.7. The van der Waals surface area contributed by atoms with Crippen LogP contribution in [0.1, 0.15) is 23.1 Å². The molecule has 2 aromatic rings. The number of benzene rings is 2. The maximum Gasteiger partial charge on any atom is 0.243 e. The summed E-state index contributed by atoms with van der Waals surface area (Å²) in [5.41, 5.74) is 8.03. The van der Waals surface area contributed by atoms with Crippen molar-refractivity contribution in [2.45, 2.75) is 31.3 Å². The zero-order valence-electron chi connectivity index (χ0n) is 16.9. The molecule has 0 aromatic heterocycles. The third-order valence-corrected chi connectivity index (χ3v) is 6.66. The second-order valence-electron chi connectivity index (χ2n) is 7.29. The molecule has 0 bridgehead atoms. The Hall–Kier alpha value is -2.46. The molecule has 166 valence electrons. The fourth-order valence-electron chi connectivity index (χ4n) is 3.33. The van der Waals surface area contributed by atoms with Crippen molar-refractivity contribution in [1.29, 1.82) is 0 Å². The smallest absolute Gasteiger partial charge is 0.243 e. The molecule has 8 nitrogen and oxygen atoms in total. The Kier molecular flexibility index (Phi) is 7.66. The van der Waals surface area contributed by atoms with E-state index < -0.39 is 22.0 Å². The van der Waals surface area contributed by atoms with Crippen LogP contribution in [0.4, 0.5) is 0 Å². The van der Waals surface area contributed by atoms with Crippen LogP contribution in [0.5, 0.6) is 0 Å². The number of halogens is 1. The summed E-state index contributed by atoms with van der Waals surface area (Å²) in [5, 5.41) is 3.35. The molecule has 3 rings (SSSR count). The number of likely N-dealkylation sites (tertiary alicyclic amines) is 1. The largest absolute Gasteiger partial charge is 0.350 e. The Labute approximate surface area is 186 Å². The Morgan fingerprint density at radius 3 is 2.52 bits per heavy atom. The molecule has 2 aromatic carbocycles. The number of hydrogen-bond donors (Lipinski definition) is 3. The molecule has 1 aliphatic rings. The monoisotopic (exact) mass is 464 g/mol. The van der Waals surface area contributed by atoms with Crippen molar-refractivity contribution in [2.75, 3.05) is 13.1 Å². The van der Waals surface area contributed by atoms with E-state index in [4.69, 9.17) is 17.3 Å². The lowest BCUT2D eigenvalue weighted by atomic mass is 10.0. The molecular formula is C21H25ClN4O4S. The van der Waals surface area contributed by atoms with Crippen molar-refractivity contribution in [3.05, 3.63) is 70.2 Å². The van der Waals surface area contributed by atoms with E-state index in [9.17, 15) is 18.0 Å². The molecule has 0 saturated carbocycles. The van der Waals surface area contributed by atoms with Gasteiger partial charge in [-0.25, -0.2) is 13.1 Å². The normalized spacial score (nSPS) is 15.9. The van der Waals surface area contributed by atoms with E-state index in [2.05, 4.69) is 10.0 Å². The Morgan fingerprint density at radius 2 is 1.87 bits per heavy atom. The predicted octanol–water partition coefficient (Wildman–Crippen LogP) is 1.14. The van der Waals surface area contributed by atoms with E-state index in [0.29, 0.717) is 30.1 Å². The number of carbonyl (C=O) groups is 2. The average Bonchev–Trinajstić information content (AvgIpc) is 2.70.